The number of halogens is 1. The highest BCUT2D eigenvalue weighted by Crippen LogP contribution is 2.28. The molecule has 0 radical (unpaired) electrons. The van der Waals surface area contributed by atoms with E-state index < -0.39 is 0 Å². The monoisotopic (exact) mass is 490 g/mol. The molecule has 2 rings (SSSR count). The van der Waals surface area contributed by atoms with Gasteiger partial charge in [0.25, 0.3) is 0 Å². The van der Waals surface area contributed by atoms with Gasteiger partial charge in [0.15, 0.2) is 17.5 Å². The van der Waals surface area contributed by atoms with Gasteiger partial charge in [0.2, 0.25) is 0 Å². The fourth-order valence-corrected chi connectivity index (χ4v) is 2.97. The lowest BCUT2D eigenvalue weighted by Gasteiger charge is -2.12. The van der Waals surface area contributed by atoms with E-state index in [0.29, 0.717) is 19.7 Å². The number of aromatic nitrogens is 1. The van der Waals surface area contributed by atoms with E-state index in [-0.39, 0.29) is 24.0 Å². The molecule has 26 heavy (non-hydrogen) atoms. The summed E-state index contributed by atoms with van der Waals surface area (Å²) in [6, 6.07) is 5.89. The highest BCUT2D eigenvalue weighted by Gasteiger charge is 2.06. The second-order valence-electron chi connectivity index (χ2n) is 5.33. The Morgan fingerprint density at radius 1 is 1.23 bits per heavy atom. The van der Waals surface area contributed by atoms with Crippen molar-refractivity contribution in [1.82, 2.24) is 15.6 Å². The third-order valence-corrected chi connectivity index (χ3v) is 4.28. The van der Waals surface area contributed by atoms with Gasteiger partial charge in [-0.1, -0.05) is 6.07 Å². The minimum Gasteiger partial charge on any atom is -0.493 e. The second kappa shape index (κ2) is 11.9. The highest BCUT2D eigenvalue weighted by atomic mass is 127. The van der Waals surface area contributed by atoms with E-state index in [0.717, 1.165) is 34.6 Å². The van der Waals surface area contributed by atoms with Crippen LogP contribution in [0.25, 0.3) is 0 Å². The number of thiazole rings is 1. The van der Waals surface area contributed by atoms with Gasteiger partial charge in [0.05, 0.1) is 26.8 Å². The number of nitrogens with one attached hydrogen (secondary N) is 2. The van der Waals surface area contributed by atoms with Gasteiger partial charge in [-0.2, -0.15) is 0 Å². The summed E-state index contributed by atoms with van der Waals surface area (Å²) in [7, 11) is 1.65. The highest BCUT2D eigenvalue weighted by molar-refractivity contribution is 14.0. The molecule has 0 aliphatic heterocycles. The topological polar surface area (TPSA) is 67.8 Å². The Bertz CT molecular complexity index is 706. The smallest absolute Gasteiger partial charge is 0.191 e. The summed E-state index contributed by atoms with van der Waals surface area (Å²) < 4.78 is 10.9. The number of hydrogen-bond acceptors (Lipinski definition) is 5. The van der Waals surface area contributed by atoms with Crippen LogP contribution in [0.3, 0.4) is 0 Å². The molecule has 1 aromatic heterocycles. The Labute approximate surface area is 176 Å². The molecule has 6 nitrogen and oxygen atoms in total. The van der Waals surface area contributed by atoms with Crippen molar-refractivity contribution < 1.29 is 9.47 Å². The molecule has 0 amide bonds. The summed E-state index contributed by atoms with van der Waals surface area (Å²) in [6.45, 7) is 8.68. The quantitative estimate of drug-likeness (QED) is 0.336. The van der Waals surface area contributed by atoms with Crippen LogP contribution >= 0.6 is 35.3 Å². The number of benzene rings is 1. The molecule has 2 N–H and O–H groups in total. The van der Waals surface area contributed by atoms with Crippen molar-refractivity contribution >= 4 is 41.3 Å². The first-order valence-electron chi connectivity index (χ1n) is 8.39. The molecule has 0 fully saturated rings. The summed E-state index contributed by atoms with van der Waals surface area (Å²) in [4.78, 5) is 10.2. The summed E-state index contributed by atoms with van der Waals surface area (Å²) in [5, 5.41) is 7.61. The van der Waals surface area contributed by atoms with Gasteiger partial charge in [0.1, 0.15) is 5.01 Å². The lowest BCUT2D eigenvalue weighted by Crippen LogP contribution is -2.36. The predicted octanol–water partition coefficient (Wildman–Crippen LogP) is 3.73. The average molecular weight is 490 g/mol. The van der Waals surface area contributed by atoms with Crippen LogP contribution in [0.15, 0.2) is 29.4 Å². The second-order valence-corrected chi connectivity index (χ2v) is 6.65. The van der Waals surface area contributed by atoms with Crippen molar-refractivity contribution in [2.45, 2.75) is 33.9 Å². The third-order valence-electron chi connectivity index (χ3n) is 3.37. The maximum Gasteiger partial charge on any atom is 0.191 e. The van der Waals surface area contributed by atoms with Crippen molar-refractivity contribution in [3.8, 4) is 11.5 Å². The normalized spacial score (nSPS) is 10.8. The molecule has 0 aliphatic rings. The number of aryl methyl sites for hydroxylation is 1. The number of nitrogens with zero attached hydrogens (tertiary/aromatic N) is 2. The van der Waals surface area contributed by atoms with Crippen LogP contribution in [-0.4, -0.2) is 31.2 Å². The minimum absolute atomic E-state index is 0. The maximum absolute atomic E-state index is 5.55. The number of aliphatic imine (C=N–C) groups is 1. The summed E-state index contributed by atoms with van der Waals surface area (Å²) >= 11 is 1.69. The molecule has 0 saturated carbocycles. The first kappa shape index (κ1) is 22.5. The van der Waals surface area contributed by atoms with Crippen molar-refractivity contribution in [1.29, 1.82) is 0 Å². The molecule has 0 unspecified atom stereocenters. The van der Waals surface area contributed by atoms with Crippen LogP contribution in [-0.2, 0) is 13.1 Å². The van der Waals surface area contributed by atoms with E-state index in [1.165, 1.54) is 4.88 Å². The third kappa shape index (κ3) is 6.99. The zero-order valence-electron chi connectivity index (χ0n) is 15.7. The lowest BCUT2D eigenvalue weighted by molar-refractivity contribution is 0.310. The van der Waals surface area contributed by atoms with Gasteiger partial charge in [0, 0.05) is 17.6 Å². The Hall–Kier alpha value is -1.55. The molecule has 0 atom stereocenters. The fourth-order valence-electron chi connectivity index (χ4n) is 2.24. The van der Waals surface area contributed by atoms with Gasteiger partial charge in [-0.15, -0.1) is 35.3 Å². The molecular formula is C18H27IN4O2S. The van der Waals surface area contributed by atoms with Crippen LogP contribution in [0.1, 0.15) is 29.3 Å². The zero-order valence-corrected chi connectivity index (χ0v) is 18.8. The molecule has 8 heteroatoms. The first-order valence-corrected chi connectivity index (χ1v) is 9.21. The van der Waals surface area contributed by atoms with Crippen molar-refractivity contribution in [2.24, 2.45) is 4.99 Å². The summed E-state index contributed by atoms with van der Waals surface area (Å²) in [5.41, 5.74) is 1.06. The first-order chi connectivity index (χ1) is 12.2. The van der Waals surface area contributed by atoms with E-state index in [1.807, 2.05) is 38.2 Å². The molecule has 144 valence electrons. The Morgan fingerprint density at radius 2 is 2.04 bits per heavy atom. The van der Waals surface area contributed by atoms with E-state index in [9.17, 15) is 0 Å². The van der Waals surface area contributed by atoms with Gasteiger partial charge < -0.3 is 20.1 Å². The fraction of sp³-hybridized carbons (Fsp3) is 0.444. The number of ether oxygens (including phenoxy) is 2. The molecule has 0 bridgehead atoms. The van der Waals surface area contributed by atoms with Crippen molar-refractivity contribution in [2.75, 3.05) is 20.3 Å². The van der Waals surface area contributed by atoms with Gasteiger partial charge >= 0.3 is 0 Å². The number of rotatable bonds is 8. The van der Waals surface area contributed by atoms with Crippen LogP contribution in [0.2, 0.25) is 0 Å². The maximum atomic E-state index is 5.55. The van der Waals surface area contributed by atoms with Crippen LogP contribution in [0.4, 0.5) is 0 Å². The molecule has 2 aromatic rings. The number of guanidine groups is 1. The standard InChI is InChI=1S/C18H26N4O2S.HI/c1-5-19-18(22-12-17-20-10-13(3)25-17)21-11-14-7-8-15(24-6-2)16(9-14)23-4;/h7-10H,5-6,11-12H2,1-4H3,(H2,19,21,22);1H. The van der Waals surface area contributed by atoms with E-state index in [2.05, 4.69) is 27.5 Å². The van der Waals surface area contributed by atoms with Crippen molar-refractivity contribution in [3.63, 3.8) is 0 Å². The summed E-state index contributed by atoms with van der Waals surface area (Å²) in [5.74, 6) is 2.25. The Kier molecular flexibility index (Phi) is 10.3. The molecule has 0 spiro atoms. The Morgan fingerprint density at radius 3 is 2.65 bits per heavy atom. The van der Waals surface area contributed by atoms with Crippen molar-refractivity contribution in [3.05, 3.63) is 39.8 Å². The van der Waals surface area contributed by atoms with Crippen LogP contribution in [0, 0.1) is 6.92 Å². The molecular weight excluding hydrogens is 463 g/mol. The van der Waals surface area contributed by atoms with E-state index in [1.54, 1.807) is 18.4 Å². The van der Waals surface area contributed by atoms with Gasteiger partial charge in [-0.05, 0) is 38.5 Å². The van der Waals surface area contributed by atoms with Gasteiger partial charge in [-0.3, -0.25) is 0 Å². The SMILES string of the molecule is CCNC(=NCc1ccc(OCC)c(OC)c1)NCc1ncc(C)s1.I. The molecule has 1 aromatic carbocycles. The summed E-state index contributed by atoms with van der Waals surface area (Å²) in [6.07, 6.45) is 1.89. The molecule has 0 saturated heterocycles. The van der Waals surface area contributed by atoms with Crippen LogP contribution < -0.4 is 20.1 Å². The van der Waals surface area contributed by atoms with Crippen LogP contribution in [0.5, 0.6) is 11.5 Å². The zero-order chi connectivity index (χ0) is 18.1. The Balaban J connectivity index is 0.00000338. The molecule has 0 aliphatic carbocycles. The van der Waals surface area contributed by atoms with Gasteiger partial charge in [-0.25, -0.2) is 9.98 Å². The van der Waals surface area contributed by atoms with E-state index >= 15 is 0 Å². The minimum atomic E-state index is 0. The largest absolute Gasteiger partial charge is 0.493 e. The molecule has 1 heterocycles. The number of methoxy groups -OCH3 is 1. The predicted molar refractivity (Wildman–Crippen MR) is 118 cm³/mol. The number of hydrogen-bond donors (Lipinski definition) is 2. The van der Waals surface area contributed by atoms with E-state index in [4.69, 9.17) is 9.47 Å². The lowest BCUT2D eigenvalue weighted by atomic mass is 10.2. The average Bonchev–Trinajstić information content (AvgIpc) is 3.04.